The third-order valence-electron chi connectivity index (χ3n) is 3.68. The minimum Gasteiger partial charge on any atom is -0.126 e. The molecule has 0 atom stereocenters. The van der Waals surface area contributed by atoms with Crippen LogP contribution in [0.3, 0.4) is 0 Å². The van der Waals surface area contributed by atoms with Gasteiger partial charge in [-0.3, -0.25) is 0 Å². The lowest BCUT2D eigenvalue weighted by molar-refractivity contribution is 0.456. The maximum Gasteiger partial charge on any atom is 0.0332 e. The molecule has 0 heterocycles. The first kappa shape index (κ1) is 15.9. The van der Waals surface area contributed by atoms with E-state index in [0.717, 1.165) is 6.42 Å². The largest absolute Gasteiger partial charge is 0.126 e. The van der Waals surface area contributed by atoms with Crippen LogP contribution < -0.4 is 0 Å². The quantitative estimate of drug-likeness (QED) is 0.426. The number of alkyl halides is 2. The Balaban J connectivity index is 2.75. The number of hydrogen-bond acceptors (Lipinski definition) is 0. The van der Waals surface area contributed by atoms with Crippen molar-refractivity contribution in [1.82, 2.24) is 0 Å². The molecule has 0 unspecified atom stereocenters. The molecule has 0 aliphatic carbocycles. The van der Waals surface area contributed by atoms with Crippen molar-refractivity contribution in [2.45, 2.75) is 51.4 Å². The van der Waals surface area contributed by atoms with Gasteiger partial charge in [-0.15, -0.1) is 23.2 Å². The highest BCUT2D eigenvalue weighted by atomic mass is 35.5. The highest BCUT2D eigenvalue weighted by Gasteiger charge is 2.29. The smallest absolute Gasteiger partial charge is 0.0332 e. The molecular formula is C16H24Cl2. The maximum atomic E-state index is 6.23. The van der Waals surface area contributed by atoms with Crippen LogP contribution >= 0.6 is 23.2 Å². The molecule has 0 N–H and O–H groups in total. The lowest BCUT2D eigenvalue weighted by Crippen LogP contribution is -2.30. The first-order valence-electron chi connectivity index (χ1n) is 6.87. The molecule has 0 nitrogen and oxygen atoms in total. The summed E-state index contributed by atoms with van der Waals surface area (Å²) in [5.41, 5.74) is 2.52. The van der Waals surface area contributed by atoms with Crippen LogP contribution in [0.4, 0.5) is 0 Å². The summed E-state index contributed by atoms with van der Waals surface area (Å²) >= 11 is 12.5. The average molecular weight is 287 g/mol. The Bertz CT molecular complexity index is 325. The number of aryl methyl sites for hydroxylation is 1. The predicted molar refractivity (Wildman–Crippen MR) is 83.1 cm³/mol. The van der Waals surface area contributed by atoms with Gasteiger partial charge >= 0.3 is 0 Å². The van der Waals surface area contributed by atoms with Gasteiger partial charge in [0.2, 0.25) is 0 Å². The Morgan fingerprint density at radius 1 is 0.944 bits per heavy atom. The fraction of sp³-hybridized carbons (Fsp3) is 0.625. The van der Waals surface area contributed by atoms with Crippen molar-refractivity contribution in [3.8, 4) is 0 Å². The van der Waals surface area contributed by atoms with E-state index in [1.54, 1.807) is 0 Å². The van der Waals surface area contributed by atoms with Crippen molar-refractivity contribution in [2.24, 2.45) is 0 Å². The van der Waals surface area contributed by atoms with Gasteiger partial charge in [-0.05, 0) is 18.9 Å². The molecular weight excluding hydrogens is 263 g/mol. The van der Waals surface area contributed by atoms with Crippen molar-refractivity contribution in [3.05, 3.63) is 35.4 Å². The molecule has 1 aromatic rings. The molecule has 0 radical (unpaired) electrons. The van der Waals surface area contributed by atoms with Gasteiger partial charge in [-0.2, -0.15) is 0 Å². The van der Waals surface area contributed by atoms with E-state index in [1.165, 1.54) is 36.8 Å². The molecule has 0 spiro atoms. The van der Waals surface area contributed by atoms with Crippen LogP contribution in [0.1, 0.15) is 50.2 Å². The Hall–Kier alpha value is -0.200. The zero-order chi connectivity index (χ0) is 13.4. The van der Waals surface area contributed by atoms with Gasteiger partial charge in [0.05, 0.1) is 0 Å². The summed E-state index contributed by atoms with van der Waals surface area (Å²) in [6, 6.07) is 8.66. The molecule has 0 saturated carbocycles. The minimum atomic E-state index is -0.0510. The zero-order valence-corrected chi connectivity index (χ0v) is 13.0. The van der Waals surface area contributed by atoms with Crippen LogP contribution in [0.5, 0.6) is 0 Å². The molecule has 0 amide bonds. The van der Waals surface area contributed by atoms with E-state index in [1.807, 2.05) is 0 Å². The van der Waals surface area contributed by atoms with Crippen molar-refractivity contribution >= 4 is 23.2 Å². The van der Waals surface area contributed by atoms with Crippen LogP contribution in [0, 0.1) is 6.92 Å². The second-order valence-corrected chi connectivity index (χ2v) is 5.76. The molecule has 18 heavy (non-hydrogen) atoms. The number of hydrogen-bond donors (Lipinski definition) is 0. The van der Waals surface area contributed by atoms with Crippen LogP contribution in [-0.4, -0.2) is 11.8 Å². The first-order chi connectivity index (χ1) is 8.68. The molecule has 1 aromatic carbocycles. The lowest BCUT2D eigenvalue weighted by Gasteiger charge is -2.30. The summed E-state index contributed by atoms with van der Waals surface area (Å²) in [6.45, 7) is 4.34. The van der Waals surface area contributed by atoms with E-state index in [-0.39, 0.29) is 5.41 Å². The van der Waals surface area contributed by atoms with E-state index >= 15 is 0 Å². The third-order valence-corrected chi connectivity index (χ3v) is 4.71. The Kier molecular flexibility index (Phi) is 7.11. The molecule has 0 fully saturated rings. The predicted octanol–water partition coefficient (Wildman–Crippen LogP) is 5.68. The lowest BCUT2D eigenvalue weighted by atomic mass is 9.79. The van der Waals surface area contributed by atoms with Gasteiger partial charge in [0.25, 0.3) is 0 Å². The van der Waals surface area contributed by atoms with Gasteiger partial charge < -0.3 is 0 Å². The van der Waals surface area contributed by atoms with Gasteiger partial charge in [0.15, 0.2) is 0 Å². The van der Waals surface area contributed by atoms with Gasteiger partial charge in [0, 0.05) is 17.2 Å². The molecule has 0 saturated heterocycles. The van der Waals surface area contributed by atoms with Crippen LogP contribution in [0.2, 0.25) is 0 Å². The monoisotopic (exact) mass is 286 g/mol. The summed E-state index contributed by atoms with van der Waals surface area (Å²) in [6.07, 6.45) is 6.13. The van der Waals surface area contributed by atoms with Crippen molar-refractivity contribution in [1.29, 1.82) is 0 Å². The molecule has 1 rings (SSSR count). The third kappa shape index (κ3) is 4.17. The summed E-state index contributed by atoms with van der Waals surface area (Å²) in [4.78, 5) is 0. The zero-order valence-electron chi connectivity index (χ0n) is 11.5. The molecule has 102 valence electrons. The fourth-order valence-corrected chi connectivity index (χ4v) is 3.13. The minimum absolute atomic E-state index is 0.0510. The highest BCUT2D eigenvalue weighted by Crippen LogP contribution is 2.33. The summed E-state index contributed by atoms with van der Waals surface area (Å²) in [7, 11) is 0. The molecule has 0 aliphatic rings. The standard InChI is InChI=1S/C16H24Cl2/c1-3-4-5-6-11-16(12-17,13-18)15-9-7-14(2)8-10-15/h7-10H,3-6,11-13H2,1-2H3. The van der Waals surface area contributed by atoms with Crippen LogP contribution in [0.25, 0.3) is 0 Å². The summed E-state index contributed by atoms with van der Waals surface area (Å²) in [5, 5.41) is 0. The number of halogens is 2. The van der Waals surface area contributed by atoms with E-state index < -0.39 is 0 Å². The van der Waals surface area contributed by atoms with Gasteiger partial charge in [-0.25, -0.2) is 0 Å². The maximum absolute atomic E-state index is 6.23. The van der Waals surface area contributed by atoms with E-state index in [4.69, 9.17) is 23.2 Å². The topological polar surface area (TPSA) is 0 Å². The molecule has 0 bridgehead atoms. The van der Waals surface area contributed by atoms with E-state index in [0.29, 0.717) is 11.8 Å². The normalized spacial score (nSPS) is 11.8. The highest BCUT2D eigenvalue weighted by molar-refractivity contribution is 6.22. The van der Waals surface area contributed by atoms with Crippen molar-refractivity contribution in [3.63, 3.8) is 0 Å². The summed E-state index contributed by atoms with van der Waals surface area (Å²) < 4.78 is 0. The molecule has 2 heteroatoms. The summed E-state index contributed by atoms with van der Waals surface area (Å²) in [5.74, 6) is 1.21. The van der Waals surface area contributed by atoms with Crippen LogP contribution in [-0.2, 0) is 5.41 Å². The average Bonchev–Trinajstić information content (AvgIpc) is 2.41. The Morgan fingerprint density at radius 2 is 1.56 bits per heavy atom. The van der Waals surface area contributed by atoms with Gasteiger partial charge in [-0.1, -0.05) is 62.4 Å². The number of rotatable bonds is 8. The molecule has 0 aliphatic heterocycles. The SMILES string of the molecule is CCCCCCC(CCl)(CCl)c1ccc(C)cc1. The Labute approximate surface area is 122 Å². The second-order valence-electron chi connectivity index (χ2n) is 5.22. The number of benzene rings is 1. The Morgan fingerprint density at radius 3 is 2.06 bits per heavy atom. The first-order valence-corrected chi connectivity index (χ1v) is 7.94. The number of unbranched alkanes of at least 4 members (excludes halogenated alkanes) is 3. The fourth-order valence-electron chi connectivity index (χ4n) is 2.27. The second kappa shape index (κ2) is 8.07. The van der Waals surface area contributed by atoms with E-state index in [9.17, 15) is 0 Å². The van der Waals surface area contributed by atoms with Crippen LogP contribution in [0.15, 0.2) is 24.3 Å². The van der Waals surface area contributed by atoms with Crippen molar-refractivity contribution < 1.29 is 0 Å². The molecule has 0 aromatic heterocycles. The van der Waals surface area contributed by atoms with Gasteiger partial charge in [0.1, 0.15) is 0 Å². The van der Waals surface area contributed by atoms with E-state index in [2.05, 4.69) is 38.1 Å². The van der Waals surface area contributed by atoms with Crippen molar-refractivity contribution in [2.75, 3.05) is 11.8 Å².